The number of amides is 2. The van der Waals surface area contributed by atoms with E-state index in [0.717, 1.165) is 63.2 Å². The van der Waals surface area contributed by atoms with E-state index in [-0.39, 0.29) is 35.4 Å². The lowest BCUT2D eigenvalue weighted by molar-refractivity contribution is 0.0865. The maximum Gasteiger partial charge on any atom is 0.287 e. The van der Waals surface area contributed by atoms with Crippen molar-refractivity contribution in [2.45, 2.75) is 126 Å². The molecule has 2 aromatic carbocycles. The third-order valence-electron chi connectivity index (χ3n) is 13.5. The first-order valence-corrected chi connectivity index (χ1v) is 19.5. The molecule has 9 rings (SSSR count). The van der Waals surface area contributed by atoms with Gasteiger partial charge in [0, 0.05) is 36.3 Å². The number of benzene rings is 2. The number of carbonyl (C=O) groups is 2. The van der Waals surface area contributed by atoms with Gasteiger partial charge in [-0.15, -0.1) is 0 Å². The lowest BCUT2D eigenvalue weighted by Gasteiger charge is -2.31. The van der Waals surface area contributed by atoms with Crippen LogP contribution >= 0.6 is 0 Å². The molecule has 4 fully saturated rings. The number of nitrogens with one attached hydrogen (secondary N) is 2. The predicted octanol–water partition coefficient (Wildman–Crippen LogP) is 8.42. The molecule has 49 heavy (non-hydrogen) atoms. The number of carbonyl (C=O) groups excluding carboxylic acids is 2. The van der Waals surface area contributed by atoms with E-state index in [1.807, 2.05) is 0 Å². The molecule has 4 aliphatic heterocycles. The summed E-state index contributed by atoms with van der Waals surface area (Å²) in [6.07, 6.45) is 16.3. The molecule has 2 saturated carbocycles. The molecule has 2 amide bonds. The average Bonchev–Trinajstić information content (AvgIpc) is 3.98. The van der Waals surface area contributed by atoms with E-state index >= 15 is 0 Å². The van der Waals surface area contributed by atoms with Crippen molar-refractivity contribution in [2.24, 2.45) is 11.8 Å². The third-order valence-corrected chi connectivity index (χ3v) is 13.5. The summed E-state index contributed by atoms with van der Waals surface area (Å²) < 4.78 is 5.79. The Labute approximate surface area is 291 Å². The molecule has 1 aromatic heterocycles. The van der Waals surface area contributed by atoms with Crippen LogP contribution in [0.5, 0.6) is 0 Å². The minimum Gasteiger partial charge on any atom is -0.446 e. The molecule has 7 heteroatoms. The standard InChI is InChI=1S/C42H52N4O3/c47-41(43-29-13-9-27(10-14-29)23-25-45-35-17-18-36(45)32-6-2-1-5-31(32)35)39-21-22-40(49-39)42(48)44-30-15-11-28(12-16-30)24-26-46-37-19-20-38(46)34-8-4-3-7-33(34)37/h1-8,21-22,27-30,35-38H,9-20,23-26H2,(H,43,47)(H,44,48)/t27?,28?,29?,30?,35-,36+,37-,38?/m1/s1. The summed E-state index contributed by atoms with van der Waals surface area (Å²) in [7, 11) is 0. The first-order chi connectivity index (χ1) is 24.1. The number of nitrogens with zero attached hydrogens (tertiary/aromatic N) is 2. The fourth-order valence-electron chi connectivity index (χ4n) is 10.9. The molecule has 0 radical (unpaired) electrons. The summed E-state index contributed by atoms with van der Waals surface area (Å²) in [5, 5.41) is 6.39. The smallest absolute Gasteiger partial charge is 0.287 e. The fourth-order valence-corrected chi connectivity index (χ4v) is 10.9. The first-order valence-electron chi connectivity index (χ1n) is 19.5. The summed E-state index contributed by atoms with van der Waals surface area (Å²) >= 11 is 0. The van der Waals surface area contributed by atoms with E-state index in [4.69, 9.17) is 4.42 Å². The van der Waals surface area contributed by atoms with Crippen LogP contribution in [0.1, 0.15) is 157 Å². The van der Waals surface area contributed by atoms with E-state index in [0.29, 0.717) is 24.2 Å². The molecular formula is C42H52N4O3. The van der Waals surface area contributed by atoms with Crippen LogP contribution in [-0.2, 0) is 0 Å². The second-order valence-corrected chi connectivity index (χ2v) is 16.1. The van der Waals surface area contributed by atoms with Crippen molar-refractivity contribution in [1.82, 2.24) is 20.4 Å². The molecule has 6 aliphatic rings. The lowest BCUT2D eigenvalue weighted by Crippen LogP contribution is -2.38. The molecule has 7 nitrogen and oxygen atoms in total. The number of furan rings is 1. The van der Waals surface area contributed by atoms with Crippen LogP contribution < -0.4 is 10.6 Å². The van der Waals surface area contributed by atoms with Crippen molar-refractivity contribution in [3.05, 3.63) is 94.4 Å². The minimum atomic E-state index is -0.205. The van der Waals surface area contributed by atoms with Crippen molar-refractivity contribution in [3.63, 3.8) is 0 Å². The van der Waals surface area contributed by atoms with Gasteiger partial charge < -0.3 is 15.1 Å². The van der Waals surface area contributed by atoms with Crippen LogP contribution in [0.4, 0.5) is 0 Å². The van der Waals surface area contributed by atoms with Crippen molar-refractivity contribution in [2.75, 3.05) is 13.1 Å². The Morgan fingerprint density at radius 1 is 0.510 bits per heavy atom. The first kappa shape index (κ1) is 31.6. The highest BCUT2D eigenvalue weighted by atomic mass is 16.4. The Morgan fingerprint density at radius 2 is 0.857 bits per heavy atom. The highest BCUT2D eigenvalue weighted by Crippen LogP contribution is 2.54. The Bertz CT molecular complexity index is 1490. The quantitative estimate of drug-likeness (QED) is 0.228. The average molecular weight is 661 g/mol. The van der Waals surface area contributed by atoms with Crippen molar-refractivity contribution in [1.29, 1.82) is 0 Å². The van der Waals surface area contributed by atoms with Crippen LogP contribution in [0.25, 0.3) is 0 Å². The van der Waals surface area contributed by atoms with Crippen LogP contribution in [0, 0.1) is 11.8 Å². The largest absolute Gasteiger partial charge is 0.446 e. The van der Waals surface area contributed by atoms with Gasteiger partial charge in [-0.1, -0.05) is 48.5 Å². The maximum absolute atomic E-state index is 13.1. The molecule has 0 spiro atoms. The maximum atomic E-state index is 13.1. The van der Waals surface area contributed by atoms with Gasteiger partial charge in [-0.05, 0) is 149 Å². The molecule has 2 N–H and O–H groups in total. The number of rotatable bonds is 10. The number of hydrogen-bond donors (Lipinski definition) is 2. The van der Waals surface area contributed by atoms with Gasteiger partial charge in [0.15, 0.2) is 11.5 Å². The van der Waals surface area contributed by atoms with Gasteiger partial charge in [0.1, 0.15) is 0 Å². The van der Waals surface area contributed by atoms with E-state index in [2.05, 4.69) is 69.0 Å². The summed E-state index contributed by atoms with van der Waals surface area (Å²) in [5.74, 6) is 1.51. The van der Waals surface area contributed by atoms with Gasteiger partial charge in [0.2, 0.25) is 0 Å². The van der Waals surface area contributed by atoms with Gasteiger partial charge in [-0.25, -0.2) is 0 Å². The van der Waals surface area contributed by atoms with Crippen molar-refractivity contribution < 1.29 is 14.0 Å². The molecule has 258 valence electrons. The van der Waals surface area contributed by atoms with Crippen LogP contribution in [0.3, 0.4) is 0 Å². The molecular weight excluding hydrogens is 608 g/mol. The van der Waals surface area contributed by atoms with Crippen molar-refractivity contribution in [3.8, 4) is 0 Å². The van der Waals surface area contributed by atoms with Gasteiger partial charge in [-0.2, -0.15) is 0 Å². The second kappa shape index (κ2) is 13.4. The van der Waals surface area contributed by atoms with Gasteiger partial charge in [0.25, 0.3) is 11.8 Å². The van der Waals surface area contributed by atoms with Crippen LogP contribution in [0.2, 0.25) is 0 Å². The minimum absolute atomic E-state index is 0.171. The Hall–Kier alpha value is -3.42. The normalized spacial score (nSPS) is 31.8. The Kier molecular flexibility index (Phi) is 8.61. The predicted molar refractivity (Wildman–Crippen MR) is 190 cm³/mol. The molecule has 5 heterocycles. The summed E-state index contributed by atoms with van der Waals surface area (Å²) in [6.45, 7) is 2.36. The molecule has 4 atom stereocenters. The molecule has 1 unspecified atom stereocenters. The zero-order valence-corrected chi connectivity index (χ0v) is 28.8. The Balaban J connectivity index is 0.683. The number of fused-ring (bicyclic) bond motifs is 10. The highest BCUT2D eigenvalue weighted by Gasteiger charge is 2.44. The molecule has 2 aliphatic carbocycles. The van der Waals surface area contributed by atoms with Crippen LogP contribution in [-0.4, -0.2) is 46.8 Å². The zero-order chi connectivity index (χ0) is 32.9. The van der Waals surface area contributed by atoms with Crippen LogP contribution in [0.15, 0.2) is 65.1 Å². The van der Waals surface area contributed by atoms with Gasteiger partial charge in [-0.3, -0.25) is 19.4 Å². The number of hydrogen-bond acceptors (Lipinski definition) is 5. The second-order valence-electron chi connectivity index (χ2n) is 16.1. The summed E-state index contributed by atoms with van der Waals surface area (Å²) in [5.41, 5.74) is 6.25. The van der Waals surface area contributed by atoms with E-state index in [1.165, 1.54) is 51.6 Å². The molecule has 3 aromatic rings. The highest BCUT2D eigenvalue weighted by molar-refractivity contribution is 5.95. The van der Waals surface area contributed by atoms with Crippen molar-refractivity contribution >= 4 is 11.8 Å². The van der Waals surface area contributed by atoms with E-state index < -0.39 is 0 Å². The van der Waals surface area contributed by atoms with E-state index in [1.54, 1.807) is 34.4 Å². The zero-order valence-electron chi connectivity index (χ0n) is 28.8. The summed E-state index contributed by atoms with van der Waals surface area (Å²) in [6, 6.07) is 24.2. The van der Waals surface area contributed by atoms with E-state index in [9.17, 15) is 9.59 Å². The Morgan fingerprint density at radius 3 is 1.20 bits per heavy atom. The topological polar surface area (TPSA) is 77.8 Å². The van der Waals surface area contributed by atoms with Gasteiger partial charge >= 0.3 is 0 Å². The molecule has 4 bridgehead atoms. The van der Waals surface area contributed by atoms with Gasteiger partial charge in [0.05, 0.1) is 0 Å². The lowest BCUT2D eigenvalue weighted by atomic mass is 9.84. The third kappa shape index (κ3) is 6.05. The monoisotopic (exact) mass is 660 g/mol. The fraction of sp³-hybridized carbons (Fsp3) is 0.571. The summed E-state index contributed by atoms with van der Waals surface area (Å²) in [4.78, 5) is 31.6. The molecule has 2 saturated heterocycles. The SMILES string of the molecule is O=C(NC1CCC(CCN2C3CC[C@@H]2c2ccccc23)CC1)c1ccc(C(=O)NC2CCC(CCN3[C@@H]4CC[C@H]3c3ccccc34)CC2)o1.